The normalized spacial score (nSPS) is 23.7. The first kappa shape index (κ1) is 28.4. The number of carboxylic acids is 2. The molecule has 0 aliphatic heterocycles. The lowest BCUT2D eigenvalue weighted by Gasteiger charge is -2.30. The van der Waals surface area contributed by atoms with Crippen LogP contribution in [0.15, 0.2) is 24.3 Å². The molecule has 0 heterocycles. The number of hydrogen-bond acceptors (Lipinski definition) is 4. The van der Waals surface area contributed by atoms with Crippen molar-refractivity contribution in [2.45, 2.75) is 76.6 Å². The lowest BCUT2D eigenvalue weighted by molar-refractivity contribution is -0.182. The summed E-state index contributed by atoms with van der Waals surface area (Å²) in [6.07, 6.45) is -1.02. The average Bonchev–Trinajstić information content (AvgIpc) is 2.88. The smallest absolute Gasteiger partial charge is 0.391 e. The van der Waals surface area contributed by atoms with Gasteiger partial charge >= 0.3 is 18.1 Å². The second-order valence-electron chi connectivity index (χ2n) is 10.7. The van der Waals surface area contributed by atoms with Crippen LogP contribution in [0.4, 0.5) is 13.2 Å². The standard InChI is InChI=1S/C28H31F3N2O6/c1-14-2-6-16(7-3-14)32-24(34)18-10-11-19(23-21(27(38)39)13-12-20(22(18)23)26(36)37)25(35)33-17-8-4-15(5-9-17)28(29,30)31/h10-17H,2-9H2,1H3,(H,32,34)(H,33,35)(H,36,37)(H,38,39). The van der Waals surface area contributed by atoms with Crippen molar-refractivity contribution in [1.29, 1.82) is 0 Å². The maximum Gasteiger partial charge on any atom is 0.391 e. The number of fused-ring (bicyclic) bond motifs is 1. The Kier molecular flexibility index (Phi) is 8.17. The first-order valence-corrected chi connectivity index (χ1v) is 13.1. The van der Waals surface area contributed by atoms with Gasteiger partial charge in [-0.15, -0.1) is 0 Å². The number of carbonyl (C=O) groups is 4. The number of hydrogen-bond donors (Lipinski definition) is 4. The van der Waals surface area contributed by atoms with Gasteiger partial charge in [0.2, 0.25) is 0 Å². The topological polar surface area (TPSA) is 133 Å². The Bertz CT molecular complexity index is 1290. The van der Waals surface area contributed by atoms with Crippen LogP contribution in [0.1, 0.15) is 99.7 Å². The molecule has 210 valence electrons. The molecule has 0 spiro atoms. The van der Waals surface area contributed by atoms with Gasteiger partial charge in [0, 0.05) is 34.0 Å². The summed E-state index contributed by atoms with van der Waals surface area (Å²) in [5.41, 5.74) is -0.919. The zero-order valence-corrected chi connectivity index (χ0v) is 21.4. The Morgan fingerprint density at radius 2 is 1.03 bits per heavy atom. The second-order valence-corrected chi connectivity index (χ2v) is 10.7. The van der Waals surface area contributed by atoms with Gasteiger partial charge in [0.05, 0.1) is 17.0 Å². The van der Waals surface area contributed by atoms with Crippen LogP contribution in [0.25, 0.3) is 10.8 Å². The average molecular weight is 549 g/mol. The van der Waals surface area contributed by atoms with Crippen LogP contribution < -0.4 is 10.6 Å². The summed E-state index contributed by atoms with van der Waals surface area (Å²) in [7, 11) is 0. The minimum absolute atomic E-state index is 0.0636. The predicted octanol–water partition coefficient (Wildman–Crippen LogP) is 5.40. The number of carbonyl (C=O) groups excluding carboxylic acids is 2. The Balaban J connectivity index is 1.71. The van der Waals surface area contributed by atoms with Gasteiger partial charge in [-0.25, -0.2) is 9.59 Å². The number of amides is 2. The largest absolute Gasteiger partial charge is 0.478 e. The molecule has 0 bridgehead atoms. The number of nitrogens with one attached hydrogen (secondary N) is 2. The van der Waals surface area contributed by atoms with E-state index in [4.69, 9.17) is 0 Å². The number of rotatable bonds is 6. The van der Waals surface area contributed by atoms with Crippen molar-refractivity contribution >= 4 is 34.5 Å². The van der Waals surface area contributed by atoms with E-state index >= 15 is 0 Å². The molecule has 2 aromatic carbocycles. The molecule has 2 amide bonds. The van der Waals surface area contributed by atoms with Gasteiger partial charge in [0.15, 0.2) is 0 Å². The van der Waals surface area contributed by atoms with Crippen LogP contribution in [0.3, 0.4) is 0 Å². The van der Waals surface area contributed by atoms with E-state index in [2.05, 4.69) is 17.6 Å². The third kappa shape index (κ3) is 6.17. The highest BCUT2D eigenvalue weighted by atomic mass is 19.4. The first-order valence-electron chi connectivity index (χ1n) is 13.1. The molecule has 4 N–H and O–H groups in total. The third-order valence-electron chi connectivity index (χ3n) is 7.99. The van der Waals surface area contributed by atoms with Gasteiger partial charge in [-0.3, -0.25) is 9.59 Å². The maximum atomic E-state index is 13.3. The van der Waals surface area contributed by atoms with E-state index in [9.17, 15) is 42.6 Å². The van der Waals surface area contributed by atoms with E-state index in [0.717, 1.165) is 37.8 Å². The second kappa shape index (κ2) is 11.2. The minimum Gasteiger partial charge on any atom is -0.478 e. The summed E-state index contributed by atoms with van der Waals surface area (Å²) in [5.74, 6) is -5.03. The molecule has 2 fully saturated rings. The summed E-state index contributed by atoms with van der Waals surface area (Å²) < 4.78 is 39.1. The molecule has 0 aromatic heterocycles. The number of benzene rings is 2. The maximum absolute atomic E-state index is 13.3. The van der Waals surface area contributed by atoms with Crippen molar-refractivity contribution in [2.75, 3.05) is 0 Å². The van der Waals surface area contributed by atoms with Crippen molar-refractivity contribution in [1.82, 2.24) is 10.6 Å². The predicted molar refractivity (Wildman–Crippen MR) is 136 cm³/mol. The highest BCUT2D eigenvalue weighted by Gasteiger charge is 2.41. The number of carboxylic acid groups (broad SMARTS) is 2. The Morgan fingerprint density at radius 3 is 1.38 bits per heavy atom. The van der Waals surface area contributed by atoms with Crippen molar-refractivity contribution in [3.63, 3.8) is 0 Å². The lowest BCUT2D eigenvalue weighted by Crippen LogP contribution is -2.40. The lowest BCUT2D eigenvalue weighted by atomic mass is 9.85. The van der Waals surface area contributed by atoms with Crippen molar-refractivity contribution in [3.8, 4) is 0 Å². The number of aromatic carboxylic acids is 2. The summed E-state index contributed by atoms with van der Waals surface area (Å²) in [6.45, 7) is 2.13. The van der Waals surface area contributed by atoms with Gasteiger partial charge in [0.1, 0.15) is 0 Å². The minimum atomic E-state index is -4.30. The Labute approximate surface area is 223 Å². The summed E-state index contributed by atoms with van der Waals surface area (Å²) in [6, 6.07) is 4.07. The molecule has 8 nitrogen and oxygen atoms in total. The van der Waals surface area contributed by atoms with E-state index in [-0.39, 0.29) is 64.8 Å². The van der Waals surface area contributed by atoms with Gasteiger partial charge < -0.3 is 20.8 Å². The molecule has 4 rings (SSSR count). The van der Waals surface area contributed by atoms with Gasteiger partial charge in [-0.1, -0.05) is 6.92 Å². The van der Waals surface area contributed by atoms with E-state index in [0.29, 0.717) is 5.92 Å². The Morgan fingerprint density at radius 1 is 0.667 bits per heavy atom. The zero-order chi connectivity index (χ0) is 28.5. The molecule has 2 aliphatic carbocycles. The van der Waals surface area contributed by atoms with E-state index in [1.54, 1.807) is 0 Å². The fourth-order valence-electron chi connectivity index (χ4n) is 5.73. The molecule has 2 aliphatic rings. The molecule has 0 unspecified atom stereocenters. The molecule has 0 atom stereocenters. The fourth-order valence-corrected chi connectivity index (χ4v) is 5.73. The van der Waals surface area contributed by atoms with E-state index in [1.807, 2.05) is 0 Å². The summed E-state index contributed by atoms with van der Waals surface area (Å²) in [4.78, 5) is 50.9. The molecule has 0 saturated heterocycles. The molecule has 11 heteroatoms. The van der Waals surface area contributed by atoms with Crippen LogP contribution in [0.5, 0.6) is 0 Å². The molecular weight excluding hydrogens is 517 g/mol. The highest BCUT2D eigenvalue weighted by Crippen LogP contribution is 2.38. The quantitative estimate of drug-likeness (QED) is 0.382. The molecule has 0 radical (unpaired) electrons. The van der Waals surface area contributed by atoms with Crippen molar-refractivity contribution < 1.29 is 42.6 Å². The molecular formula is C28H31F3N2O6. The molecule has 2 aromatic rings. The van der Waals surface area contributed by atoms with E-state index in [1.165, 1.54) is 12.1 Å². The monoisotopic (exact) mass is 548 g/mol. The van der Waals surface area contributed by atoms with Crippen LogP contribution in [0.2, 0.25) is 0 Å². The number of alkyl halides is 3. The Hall–Kier alpha value is -3.63. The number of halogens is 3. The van der Waals surface area contributed by atoms with Crippen LogP contribution >= 0.6 is 0 Å². The fraction of sp³-hybridized carbons (Fsp3) is 0.500. The van der Waals surface area contributed by atoms with Gasteiger partial charge in [-0.2, -0.15) is 13.2 Å². The van der Waals surface area contributed by atoms with Crippen LogP contribution in [0, 0.1) is 11.8 Å². The SMILES string of the molecule is CC1CCC(NC(=O)c2ccc(C(=O)NC3CCC(C(F)(F)F)CC3)c3c(C(=O)O)ccc(C(=O)O)c23)CC1. The summed E-state index contributed by atoms with van der Waals surface area (Å²) >= 11 is 0. The summed E-state index contributed by atoms with van der Waals surface area (Å²) in [5, 5.41) is 25.0. The highest BCUT2D eigenvalue weighted by molar-refractivity contribution is 6.23. The molecule has 2 saturated carbocycles. The first-order chi connectivity index (χ1) is 18.4. The van der Waals surface area contributed by atoms with Crippen LogP contribution in [-0.2, 0) is 0 Å². The van der Waals surface area contributed by atoms with E-state index < -0.39 is 41.9 Å². The van der Waals surface area contributed by atoms with Crippen molar-refractivity contribution in [2.24, 2.45) is 11.8 Å². The zero-order valence-electron chi connectivity index (χ0n) is 21.4. The van der Waals surface area contributed by atoms with Crippen LogP contribution in [-0.4, -0.2) is 52.2 Å². The third-order valence-corrected chi connectivity index (χ3v) is 7.99. The van der Waals surface area contributed by atoms with Crippen molar-refractivity contribution in [3.05, 3.63) is 46.5 Å². The van der Waals surface area contributed by atoms with Gasteiger partial charge in [0.25, 0.3) is 11.8 Å². The molecule has 39 heavy (non-hydrogen) atoms. The van der Waals surface area contributed by atoms with Gasteiger partial charge in [-0.05, 0) is 81.5 Å².